The van der Waals surface area contributed by atoms with Crippen molar-refractivity contribution in [1.29, 1.82) is 0 Å². The summed E-state index contributed by atoms with van der Waals surface area (Å²) in [4.78, 5) is 20.9. The van der Waals surface area contributed by atoms with Gasteiger partial charge in [-0.2, -0.15) is 0 Å². The fraction of sp³-hybridized carbons (Fsp3) is 0.312. The molecule has 0 aliphatic heterocycles. The molecule has 2 N–H and O–H groups in total. The number of aromatic nitrogens is 2. The minimum atomic E-state index is -0.588. The Morgan fingerprint density at radius 3 is 2.82 bits per heavy atom. The molecule has 3 rings (SSSR count). The van der Waals surface area contributed by atoms with Gasteiger partial charge in [0.1, 0.15) is 11.6 Å². The van der Waals surface area contributed by atoms with Crippen molar-refractivity contribution in [3.63, 3.8) is 0 Å². The van der Waals surface area contributed by atoms with E-state index in [1.165, 1.54) is 6.07 Å². The van der Waals surface area contributed by atoms with Crippen molar-refractivity contribution in [2.24, 2.45) is 5.92 Å². The average molecular weight is 301 g/mol. The van der Waals surface area contributed by atoms with Gasteiger partial charge in [0.2, 0.25) is 0 Å². The van der Waals surface area contributed by atoms with Crippen LogP contribution in [0.25, 0.3) is 0 Å². The van der Waals surface area contributed by atoms with E-state index in [4.69, 9.17) is 0 Å². The molecule has 22 heavy (non-hydrogen) atoms. The van der Waals surface area contributed by atoms with Gasteiger partial charge in [0.15, 0.2) is 5.82 Å². The van der Waals surface area contributed by atoms with Crippen LogP contribution in [0.3, 0.4) is 0 Å². The van der Waals surface area contributed by atoms with Crippen molar-refractivity contribution < 1.29 is 14.3 Å². The molecular weight excluding hydrogens is 285 g/mol. The van der Waals surface area contributed by atoms with Crippen LogP contribution in [0.1, 0.15) is 40.8 Å². The molecule has 0 unspecified atom stereocenters. The highest BCUT2D eigenvalue weighted by Crippen LogP contribution is 2.40. The van der Waals surface area contributed by atoms with E-state index >= 15 is 0 Å². The fourth-order valence-electron chi connectivity index (χ4n) is 2.36. The highest BCUT2D eigenvalue weighted by Gasteiger charge is 2.35. The minimum absolute atomic E-state index is 0.0414. The van der Waals surface area contributed by atoms with Gasteiger partial charge in [-0.3, -0.25) is 4.79 Å². The van der Waals surface area contributed by atoms with E-state index < -0.39 is 11.7 Å². The molecule has 0 bridgehead atoms. The van der Waals surface area contributed by atoms with Crippen LogP contribution in [-0.4, -0.2) is 21.0 Å². The maximum atomic E-state index is 13.0. The standard InChI is InChI=1S/C16H16FN3O2/c1-9-6-7-18-15(19-9)14(10-2-3-10)20-16(22)12-5-4-11(17)8-13(12)21/h4-8,10,14,21H,2-3H2,1H3,(H,20,22)/t14-/m1/s1. The molecule has 1 fully saturated rings. The highest BCUT2D eigenvalue weighted by atomic mass is 19.1. The Labute approximate surface area is 127 Å². The molecule has 1 atom stereocenters. The van der Waals surface area contributed by atoms with Crippen LogP contribution in [0, 0.1) is 18.7 Å². The second-order valence-corrected chi connectivity index (χ2v) is 5.51. The predicted molar refractivity (Wildman–Crippen MR) is 77.8 cm³/mol. The maximum absolute atomic E-state index is 13.0. The Bertz CT molecular complexity index is 716. The third-order valence-electron chi connectivity index (χ3n) is 3.68. The minimum Gasteiger partial charge on any atom is -0.507 e. The topological polar surface area (TPSA) is 75.1 Å². The van der Waals surface area contributed by atoms with E-state index in [1.54, 1.807) is 12.3 Å². The summed E-state index contributed by atoms with van der Waals surface area (Å²) in [5.74, 6) is -0.558. The van der Waals surface area contributed by atoms with E-state index in [0.29, 0.717) is 11.7 Å². The van der Waals surface area contributed by atoms with Gasteiger partial charge in [0, 0.05) is 18.0 Å². The van der Waals surface area contributed by atoms with Crippen LogP contribution in [0.2, 0.25) is 0 Å². The van der Waals surface area contributed by atoms with Gasteiger partial charge < -0.3 is 10.4 Å². The van der Waals surface area contributed by atoms with E-state index in [-0.39, 0.29) is 17.4 Å². The molecule has 0 radical (unpaired) electrons. The van der Waals surface area contributed by atoms with Crippen LogP contribution in [-0.2, 0) is 0 Å². The zero-order valence-electron chi connectivity index (χ0n) is 12.1. The lowest BCUT2D eigenvalue weighted by molar-refractivity contribution is 0.0926. The highest BCUT2D eigenvalue weighted by molar-refractivity contribution is 5.97. The molecule has 1 aromatic carbocycles. The third-order valence-corrected chi connectivity index (χ3v) is 3.68. The van der Waals surface area contributed by atoms with Gasteiger partial charge >= 0.3 is 0 Å². The van der Waals surface area contributed by atoms with E-state index in [0.717, 1.165) is 30.7 Å². The van der Waals surface area contributed by atoms with Gasteiger partial charge in [0.05, 0.1) is 11.6 Å². The number of rotatable bonds is 4. The molecule has 1 saturated carbocycles. The van der Waals surface area contributed by atoms with Crippen LogP contribution in [0.4, 0.5) is 4.39 Å². The Kier molecular flexibility index (Phi) is 3.75. The maximum Gasteiger partial charge on any atom is 0.255 e. The predicted octanol–water partition coefficient (Wildman–Crippen LogP) is 2.51. The number of aromatic hydroxyl groups is 1. The average Bonchev–Trinajstić information content (AvgIpc) is 3.29. The molecule has 1 heterocycles. The lowest BCUT2D eigenvalue weighted by Crippen LogP contribution is -2.31. The van der Waals surface area contributed by atoms with Crippen molar-refractivity contribution in [2.45, 2.75) is 25.8 Å². The lowest BCUT2D eigenvalue weighted by Gasteiger charge is -2.17. The van der Waals surface area contributed by atoms with Crippen molar-refractivity contribution >= 4 is 5.91 Å². The van der Waals surface area contributed by atoms with E-state index in [9.17, 15) is 14.3 Å². The van der Waals surface area contributed by atoms with Gasteiger partial charge in [-0.1, -0.05) is 0 Å². The van der Waals surface area contributed by atoms with Gasteiger partial charge in [-0.25, -0.2) is 14.4 Å². The van der Waals surface area contributed by atoms with Crippen LogP contribution >= 0.6 is 0 Å². The fourth-order valence-corrected chi connectivity index (χ4v) is 2.36. The molecule has 1 aromatic heterocycles. The first-order valence-corrected chi connectivity index (χ1v) is 7.13. The lowest BCUT2D eigenvalue weighted by atomic mass is 10.1. The second kappa shape index (κ2) is 5.71. The number of carbonyl (C=O) groups excluding carboxylic acids is 1. The number of amides is 1. The number of benzene rings is 1. The summed E-state index contributed by atoms with van der Waals surface area (Å²) in [6, 6.07) is 4.83. The van der Waals surface area contributed by atoms with Crippen LogP contribution < -0.4 is 5.32 Å². The third kappa shape index (κ3) is 3.05. The number of carbonyl (C=O) groups is 1. The summed E-state index contributed by atoms with van der Waals surface area (Å²) in [6.45, 7) is 1.86. The van der Waals surface area contributed by atoms with Crippen LogP contribution in [0.15, 0.2) is 30.5 Å². The van der Waals surface area contributed by atoms with Crippen molar-refractivity contribution in [1.82, 2.24) is 15.3 Å². The van der Waals surface area contributed by atoms with Gasteiger partial charge in [-0.15, -0.1) is 0 Å². The summed E-state index contributed by atoms with van der Waals surface area (Å²) < 4.78 is 13.0. The van der Waals surface area contributed by atoms with Crippen molar-refractivity contribution in [3.05, 3.63) is 53.4 Å². The number of halogens is 1. The summed E-state index contributed by atoms with van der Waals surface area (Å²) in [7, 11) is 0. The van der Waals surface area contributed by atoms with E-state index in [2.05, 4.69) is 15.3 Å². The number of aryl methyl sites for hydroxylation is 1. The Morgan fingerprint density at radius 2 is 2.18 bits per heavy atom. The zero-order valence-corrected chi connectivity index (χ0v) is 12.1. The van der Waals surface area contributed by atoms with Crippen LogP contribution in [0.5, 0.6) is 5.75 Å². The normalized spacial score (nSPS) is 15.4. The number of nitrogens with one attached hydrogen (secondary N) is 1. The van der Waals surface area contributed by atoms with Gasteiger partial charge in [0.25, 0.3) is 5.91 Å². The first kappa shape index (κ1) is 14.4. The monoisotopic (exact) mass is 301 g/mol. The Balaban J connectivity index is 1.83. The molecule has 114 valence electrons. The molecule has 1 amide bonds. The van der Waals surface area contributed by atoms with Gasteiger partial charge in [-0.05, 0) is 43.9 Å². The largest absolute Gasteiger partial charge is 0.507 e. The van der Waals surface area contributed by atoms with E-state index in [1.807, 2.05) is 6.92 Å². The number of hydrogen-bond donors (Lipinski definition) is 2. The number of phenolic OH excluding ortho intramolecular Hbond substituents is 1. The Morgan fingerprint density at radius 1 is 1.41 bits per heavy atom. The van der Waals surface area contributed by atoms with Crippen molar-refractivity contribution in [3.8, 4) is 5.75 Å². The number of phenols is 1. The quantitative estimate of drug-likeness (QED) is 0.910. The molecule has 1 aliphatic carbocycles. The smallest absolute Gasteiger partial charge is 0.255 e. The molecule has 1 aliphatic rings. The molecule has 2 aromatic rings. The summed E-state index contributed by atoms with van der Waals surface area (Å²) >= 11 is 0. The number of hydrogen-bond acceptors (Lipinski definition) is 4. The summed E-state index contributed by atoms with van der Waals surface area (Å²) in [5, 5.41) is 12.6. The molecule has 6 heteroatoms. The van der Waals surface area contributed by atoms with Crippen molar-refractivity contribution in [2.75, 3.05) is 0 Å². The number of nitrogens with zero attached hydrogens (tertiary/aromatic N) is 2. The molecular formula is C16H16FN3O2. The summed E-state index contributed by atoms with van der Waals surface area (Å²) in [5.41, 5.74) is 0.870. The molecule has 0 spiro atoms. The Hall–Kier alpha value is -2.50. The zero-order chi connectivity index (χ0) is 15.7. The molecule has 0 saturated heterocycles. The first-order valence-electron chi connectivity index (χ1n) is 7.13. The molecule has 5 nitrogen and oxygen atoms in total. The first-order chi connectivity index (χ1) is 10.5. The SMILES string of the molecule is Cc1ccnc([C@H](NC(=O)c2ccc(F)cc2O)C2CC2)n1. The second-order valence-electron chi connectivity index (χ2n) is 5.51. The summed E-state index contributed by atoms with van der Waals surface area (Å²) in [6.07, 6.45) is 3.66.